The zero-order valence-electron chi connectivity index (χ0n) is 10.2. The summed E-state index contributed by atoms with van der Waals surface area (Å²) in [4.78, 5) is 7.41. The summed E-state index contributed by atoms with van der Waals surface area (Å²) in [6.07, 6.45) is 2.97. The van der Waals surface area contributed by atoms with E-state index in [9.17, 15) is 0 Å². The van der Waals surface area contributed by atoms with Crippen LogP contribution in [0, 0.1) is 6.92 Å². The van der Waals surface area contributed by atoms with Gasteiger partial charge in [-0.2, -0.15) is 0 Å². The van der Waals surface area contributed by atoms with Gasteiger partial charge in [-0.15, -0.1) is 10.2 Å². The molecular formula is C14H12ClN4. The molecule has 0 saturated heterocycles. The number of hydrogen-bond donors (Lipinski definition) is 1. The summed E-state index contributed by atoms with van der Waals surface area (Å²) in [5.74, 6) is 1.65. The van der Waals surface area contributed by atoms with E-state index in [1.165, 1.54) is 0 Å². The van der Waals surface area contributed by atoms with Gasteiger partial charge in [0.1, 0.15) is 11.6 Å². The molecule has 0 aliphatic carbocycles. The highest BCUT2D eigenvalue weighted by Crippen LogP contribution is 2.19. The molecule has 0 atom stereocenters. The lowest BCUT2D eigenvalue weighted by Crippen LogP contribution is -1.92. The highest BCUT2D eigenvalue weighted by Gasteiger charge is 2.04. The molecule has 0 aliphatic heterocycles. The number of benzene rings is 1. The van der Waals surface area contributed by atoms with Crippen LogP contribution in [0.3, 0.4) is 0 Å². The van der Waals surface area contributed by atoms with Crippen LogP contribution < -0.4 is 0 Å². The molecule has 0 unspecified atom stereocenters. The van der Waals surface area contributed by atoms with Crippen LogP contribution in [-0.4, -0.2) is 20.2 Å². The van der Waals surface area contributed by atoms with Crippen molar-refractivity contribution in [2.24, 2.45) is 0 Å². The van der Waals surface area contributed by atoms with Crippen molar-refractivity contribution in [1.82, 2.24) is 20.2 Å². The molecule has 3 aromatic rings. The minimum atomic E-state index is 0.615. The highest BCUT2D eigenvalue weighted by molar-refractivity contribution is 6.31. The highest BCUT2D eigenvalue weighted by atomic mass is 35.5. The molecule has 0 bridgehead atoms. The summed E-state index contributed by atoms with van der Waals surface area (Å²) >= 11 is 5.96. The fourth-order valence-electron chi connectivity index (χ4n) is 1.99. The summed E-state index contributed by atoms with van der Waals surface area (Å²) < 4.78 is 0. The molecule has 95 valence electrons. The van der Waals surface area contributed by atoms with E-state index in [0.717, 1.165) is 28.1 Å². The fourth-order valence-corrected chi connectivity index (χ4v) is 2.15. The van der Waals surface area contributed by atoms with Crippen molar-refractivity contribution in [2.45, 2.75) is 12.8 Å². The summed E-state index contributed by atoms with van der Waals surface area (Å²) in [6.45, 7) is 3.77. The minimum absolute atomic E-state index is 0.615. The summed E-state index contributed by atoms with van der Waals surface area (Å²) in [7, 11) is 0. The number of halogens is 1. The van der Waals surface area contributed by atoms with Crippen molar-refractivity contribution in [3.8, 4) is 0 Å². The Labute approximate surface area is 115 Å². The topological polar surface area (TPSA) is 54.5 Å². The molecular weight excluding hydrogens is 260 g/mol. The van der Waals surface area contributed by atoms with E-state index >= 15 is 0 Å². The van der Waals surface area contributed by atoms with Gasteiger partial charge in [-0.1, -0.05) is 17.7 Å². The van der Waals surface area contributed by atoms with Crippen molar-refractivity contribution >= 4 is 22.5 Å². The lowest BCUT2D eigenvalue weighted by Gasteiger charge is -2.02. The molecule has 19 heavy (non-hydrogen) atoms. The molecule has 0 aliphatic rings. The molecule has 1 aromatic carbocycles. The predicted molar refractivity (Wildman–Crippen MR) is 75.0 cm³/mol. The lowest BCUT2D eigenvalue weighted by atomic mass is 10.1. The van der Waals surface area contributed by atoms with E-state index in [-0.39, 0.29) is 0 Å². The number of aromatic amines is 1. The van der Waals surface area contributed by atoms with Crippen LogP contribution in [0.1, 0.15) is 17.2 Å². The average molecular weight is 272 g/mol. The summed E-state index contributed by atoms with van der Waals surface area (Å²) in [5, 5.41) is 9.77. The third kappa shape index (κ3) is 2.58. The van der Waals surface area contributed by atoms with Gasteiger partial charge in [0.2, 0.25) is 0 Å². The van der Waals surface area contributed by atoms with Crippen LogP contribution in [0.5, 0.6) is 0 Å². The first kappa shape index (κ1) is 12.1. The van der Waals surface area contributed by atoms with Crippen LogP contribution in [-0.2, 0) is 12.8 Å². The van der Waals surface area contributed by atoms with E-state index in [4.69, 9.17) is 11.6 Å². The molecule has 0 amide bonds. The van der Waals surface area contributed by atoms with Gasteiger partial charge in [0, 0.05) is 24.4 Å². The normalized spacial score (nSPS) is 11.1. The quantitative estimate of drug-likeness (QED) is 0.797. The van der Waals surface area contributed by atoms with E-state index < -0.39 is 0 Å². The first-order valence-electron chi connectivity index (χ1n) is 5.98. The second-order valence-corrected chi connectivity index (χ2v) is 4.76. The molecule has 2 aromatic heterocycles. The molecule has 0 saturated carbocycles. The van der Waals surface area contributed by atoms with E-state index in [0.29, 0.717) is 17.9 Å². The van der Waals surface area contributed by atoms with E-state index in [2.05, 4.69) is 33.2 Å². The lowest BCUT2D eigenvalue weighted by molar-refractivity contribution is 0.964. The molecule has 2 heterocycles. The van der Waals surface area contributed by atoms with E-state index in [1.807, 2.05) is 18.2 Å². The Morgan fingerprint density at radius 2 is 2.00 bits per heavy atom. The summed E-state index contributed by atoms with van der Waals surface area (Å²) in [6, 6.07) is 8.01. The molecule has 4 nitrogen and oxygen atoms in total. The number of pyridine rings is 1. The monoisotopic (exact) mass is 271 g/mol. The van der Waals surface area contributed by atoms with Gasteiger partial charge < -0.3 is 4.98 Å². The third-order valence-corrected chi connectivity index (χ3v) is 3.11. The Morgan fingerprint density at radius 3 is 2.79 bits per heavy atom. The van der Waals surface area contributed by atoms with Crippen molar-refractivity contribution in [3.63, 3.8) is 0 Å². The van der Waals surface area contributed by atoms with Crippen LogP contribution in [0.4, 0.5) is 0 Å². The van der Waals surface area contributed by atoms with Gasteiger partial charge in [0.15, 0.2) is 0 Å². The zero-order valence-corrected chi connectivity index (χ0v) is 11.0. The Morgan fingerprint density at radius 1 is 1.16 bits per heavy atom. The van der Waals surface area contributed by atoms with Gasteiger partial charge in [-0.3, -0.25) is 4.98 Å². The predicted octanol–water partition coefficient (Wildman–Crippen LogP) is 2.97. The average Bonchev–Trinajstić information content (AvgIpc) is 2.86. The van der Waals surface area contributed by atoms with Crippen molar-refractivity contribution in [3.05, 3.63) is 59.6 Å². The van der Waals surface area contributed by atoms with Crippen LogP contribution in [0.25, 0.3) is 10.9 Å². The molecule has 0 fully saturated rings. The van der Waals surface area contributed by atoms with Crippen molar-refractivity contribution < 1.29 is 0 Å². The number of nitrogens with one attached hydrogen (secondary N) is 1. The van der Waals surface area contributed by atoms with Crippen molar-refractivity contribution in [1.29, 1.82) is 0 Å². The number of rotatable bonds is 3. The third-order valence-electron chi connectivity index (χ3n) is 2.90. The fraction of sp³-hybridized carbons (Fsp3) is 0.143. The SMILES string of the molecule is [CH2]Cc1nnc(Cc2ccc3ncc(Cl)cc3c2)[nH]1. The van der Waals surface area contributed by atoms with Crippen LogP contribution in [0.2, 0.25) is 5.02 Å². The number of fused-ring (bicyclic) bond motifs is 1. The first-order valence-corrected chi connectivity index (χ1v) is 6.36. The molecule has 1 radical (unpaired) electrons. The molecule has 0 spiro atoms. The Balaban J connectivity index is 1.92. The number of hydrogen-bond acceptors (Lipinski definition) is 3. The maximum absolute atomic E-state index is 5.96. The number of aromatic nitrogens is 4. The molecule has 3 rings (SSSR count). The first-order chi connectivity index (χ1) is 9.24. The van der Waals surface area contributed by atoms with E-state index in [1.54, 1.807) is 6.20 Å². The zero-order chi connectivity index (χ0) is 13.2. The molecule has 1 N–H and O–H groups in total. The van der Waals surface area contributed by atoms with Crippen molar-refractivity contribution in [2.75, 3.05) is 0 Å². The second-order valence-electron chi connectivity index (χ2n) is 4.33. The largest absolute Gasteiger partial charge is 0.329 e. The number of H-pyrrole nitrogens is 1. The maximum Gasteiger partial charge on any atom is 0.134 e. The van der Waals surface area contributed by atoms with Gasteiger partial charge in [0.05, 0.1) is 10.5 Å². The van der Waals surface area contributed by atoms with Crippen LogP contribution in [0.15, 0.2) is 30.5 Å². The van der Waals surface area contributed by atoms with Gasteiger partial charge in [-0.05, 0) is 30.7 Å². The molecule has 5 heteroatoms. The minimum Gasteiger partial charge on any atom is -0.329 e. The Hall–Kier alpha value is -1.94. The number of nitrogens with zero attached hydrogens (tertiary/aromatic N) is 3. The Kier molecular flexibility index (Phi) is 3.17. The van der Waals surface area contributed by atoms with Crippen LogP contribution >= 0.6 is 11.6 Å². The second kappa shape index (κ2) is 4.97. The maximum atomic E-state index is 5.96. The van der Waals surface area contributed by atoms with Gasteiger partial charge in [-0.25, -0.2) is 0 Å². The smallest absolute Gasteiger partial charge is 0.134 e. The Bertz CT molecular complexity index is 720. The standard InChI is InChI=1S/C14H12ClN4/c1-2-13-17-14(19-18-13)6-9-3-4-12-10(5-9)7-11(15)8-16-12/h3-5,7-8H,1-2,6H2,(H,17,18,19). The summed E-state index contributed by atoms with van der Waals surface area (Å²) in [5.41, 5.74) is 2.08. The van der Waals surface area contributed by atoms with Gasteiger partial charge >= 0.3 is 0 Å². The van der Waals surface area contributed by atoms with Gasteiger partial charge in [0.25, 0.3) is 0 Å².